The lowest BCUT2D eigenvalue weighted by molar-refractivity contribution is 0.110. The molecule has 0 aliphatic carbocycles. The maximum absolute atomic E-state index is 11.3. The molecule has 0 aromatic heterocycles. The largest absolute Gasteiger partial charge is 0.394 e. The number of rotatable bonds is 2. The average Bonchev–Trinajstić information content (AvgIpc) is 2.59. The third-order valence-electron chi connectivity index (χ3n) is 2.39. The van der Waals surface area contributed by atoms with E-state index in [-0.39, 0.29) is 24.8 Å². The second-order valence-corrected chi connectivity index (χ2v) is 3.14. The van der Waals surface area contributed by atoms with Crippen LogP contribution in [0.2, 0.25) is 0 Å². The minimum atomic E-state index is -0.154. The first-order chi connectivity index (χ1) is 6.22. The zero-order chi connectivity index (χ0) is 9.84. The van der Waals surface area contributed by atoms with Gasteiger partial charge < -0.3 is 20.1 Å². The molecule has 1 aliphatic rings. The number of amides is 2. The van der Waals surface area contributed by atoms with Gasteiger partial charge in [0.2, 0.25) is 0 Å². The predicted molar refractivity (Wildman–Crippen MR) is 47.4 cm³/mol. The summed E-state index contributed by atoms with van der Waals surface area (Å²) in [5, 5.41) is 11.6. The van der Waals surface area contributed by atoms with Crippen molar-refractivity contribution >= 4 is 6.03 Å². The van der Waals surface area contributed by atoms with E-state index in [1.54, 1.807) is 19.1 Å². The van der Waals surface area contributed by atoms with E-state index >= 15 is 0 Å². The Morgan fingerprint density at radius 2 is 2.46 bits per heavy atom. The minimum absolute atomic E-state index is 0.00667. The van der Waals surface area contributed by atoms with Crippen LogP contribution in [0.4, 0.5) is 4.79 Å². The van der Waals surface area contributed by atoms with Crippen LogP contribution in [0.15, 0.2) is 0 Å². The van der Waals surface area contributed by atoms with Crippen molar-refractivity contribution in [1.82, 2.24) is 10.2 Å². The van der Waals surface area contributed by atoms with Crippen molar-refractivity contribution < 1.29 is 14.6 Å². The summed E-state index contributed by atoms with van der Waals surface area (Å²) in [5.74, 6) is 0. The molecule has 0 aromatic carbocycles. The zero-order valence-corrected chi connectivity index (χ0v) is 7.99. The number of hydrogen-bond donors (Lipinski definition) is 2. The minimum Gasteiger partial charge on any atom is -0.394 e. The van der Waals surface area contributed by atoms with E-state index in [2.05, 4.69) is 5.32 Å². The Morgan fingerprint density at radius 3 is 2.92 bits per heavy atom. The molecule has 1 rings (SSSR count). The molecule has 0 aromatic rings. The highest BCUT2D eigenvalue weighted by Gasteiger charge is 2.34. The number of aliphatic hydroxyl groups excluding tert-OH is 1. The molecule has 1 fully saturated rings. The second-order valence-electron chi connectivity index (χ2n) is 3.14. The lowest BCUT2D eigenvalue weighted by atomic mass is 10.2. The topological polar surface area (TPSA) is 61.8 Å². The second kappa shape index (κ2) is 4.43. The first kappa shape index (κ1) is 10.3. The van der Waals surface area contributed by atoms with Gasteiger partial charge in [-0.15, -0.1) is 0 Å². The summed E-state index contributed by atoms with van der Waals surface area (Å²) in [7, 11) is 3.20. The molecule has 13 heavy (non-hydrogen) atoms. The highest BCUT2D eigenvalue weighted by molar-refractivity contribution is 5.74. The van der Waals surface area contributed by atoms with Gasteiger partial charge in [-0.1, -0.05) is 0 Å². The lowest BCUT2D eigenvalue weighted by Gasteiger charge is -2.21. The van der Waals surface area contributed by atoms with Gasteiger partial charge in [0.25, 0.3) is 0 Å². The summed E-state index contributed by atoms with van der Waals surface area (Å²) < 4.78 is 5.14. The molecule has 0 saturated carbocycles. The number of nitrogens with one attached hydrogen (secondary N) is 1. The third kappa shape index (κ3) is 2.10. The van der Waals surface area contributed by atoms with Crippen molar-refractivity contribution in [2.24, 2.45) is 0 Å². The first-order valence-electron chi connectivity index (χ1n) is 4.35. The Morgan fingerprint density at radius 1 is 1.77 bits per heavy atom. The van der Waals surface area contributed by atoms with E-state index in [4.69, 9.17) is 9.84 Å². The van der Waals surface area contributed by atoms with Crippen LogP contribution < -0.4 is 5.32 Å². The Kier molecular flexibility index (Phi) is 3.50. The van der Waals surface area contributed by atoms with Gasteiger partial charge in [0.15, 0.2) is 0 Å². The van der Waals surface area contributed by atoms with Crippen molar-refractivity contribution in [2.45, 2.75) is 18.6 Å². The molecule has 0 unspecified atom stereocenters. The quantitative estimate of drug-likeness (QED) is 0.608. The average molecular weight is 188 g/mol. The number of methoxy groups -OCH3 is 1. The van der Waals surface area contributed by atoms with E-state index < -0.39 is 0 Å². The maximum atomic E-state index is 11.3. The number of ether oxygens (including phenoxy) is 1. The molecule has 0 bridgehead atoms. The fraction of sp³-hybridized carbons (Fsp3) is 0.875. The number of carbonyl (C=O) groups is 1. The number of carbonyl (C=O) groups excluding carboxylic acids is 1. The highest BCUT2D eigenvalue weighted by Crippen LogP contribution is 2.19. The summed E-state index contributed by atoms with van der Waals surface area (Å²) in [6, 6.07) is -0.261. The van der Waals surface area contributed by atoms with Crippen LogP contribution in [0.5, 0.6) is 0 Å². The van der Waals surface area contributed by atoms with Crippen LogP contribution in [0.3, 0.4) is 0 Å². The molecule has 0 spiro atoms. The smallest absolute Gasteiger partial charge is 0.317 e. The molecule has 1 saturated heterocycles. The number of aliphatic hydroxyl groups is 1. The van der Waals surface area contributed by atoms with Crippen LogP contribution in [0.1, 0.15) is 6.42 Å². The van der Waals surface area contributed by atoms with Crippen molar-refractivity contribution in [1.29, 1.82) is 0 Å². The Balaban J connectivity index is 2.57. The van der Waals surface area contributed by atoms with Crippen molar-refractivity contribution in [3.8, 4) is 0 Å². The van der Waals surface area contributed by atoms with Gasteiger partial charge in [0.1, 0.15) is 0 Å². The van der Waals surface area contributed by atoms with Gasteiger partial charge in [-0.2, -0.15) is 0 Å². The van der Waals surface area contributed by atoms with Gasteiger partial charge in [-0.05, 0) is 6.42 Å². The molecule has 1 aliphatic heterocycles. The van der Waals surface area contributed by atoms with Crippen LogP contribution in [0, 0.1) is 0 Å². The first-order valence-corrected chi connectivity index (χ1v) is 4.35. The number of hydrogen-bond acceptors (Lipinski definition) is 3. The van der Waals surface area contributed by atoms with E-state index in [1.807, 2.05) is 0 Å². The Bertz CT molecular complexity index is 186. The molecule has 2 atom stereocenters. The van der Waals surface area contributed by atoms with Gasteiger partial charge in [0.05, 0.1) is 18.8 Å². The van der Waals surface area contributed by atoms with Gasteiger partial charge >= 0.3 is 6.03 Å². The molecule has 0 radical (unpaired) electrons. The van der Waals surface area contributed by atoms with E-state index in [0.717, 1.165) is 0 Å². The molecule has 2 N–H and O–H groups in total. The summed E-state index contributed by atoms with van der Waals surface area (Å²) in [4.78, 5) is 12.9. The molecule has 1 heterocycles. The van der Waals surface area contributed by atoms with Crippen molar-refractivity contribution in [3.05, 3.63) is 0 Å². The molecular weight excluding hydrogens is 172 g/mol. The van der Waals surface area contributed by atoms with E-state index in [1.165, 1.54) is 0 Å². The Hall–Kier alpha value is -0.810. The van der Waals surface area contributed by atoms with Crippen LogP contribution in [-0.4, -0.2) is 55.5 Å². The molecule has 76 valence electrons. The van der Waals surface area contributed by atoms with Crippen molar-refractivity contribution in [3.63, 3.8) is 0 Å². The lowest BCUT2D eigenvalue weighted by Crippen LogP contribution is -2.43. The summed E-state index contributed by atoms with van der Waals surface area (Å²) in [5.41, 5.74) is 0. The monoisotopic (exact) mass is 188 g/mol. The fourth-order valence-electron chi connectivity index (χ4n) is 1.61. The summed E-state index contributed by atoms with van der Waals surface area (Å²) in [6.45, 7) is 0.550. The SMILES string of the molecule is CNC(=O)N1C[C@@H](OC)C[C@H]1CO. The van der Waals surface area contributed by atoms with Gasteiger partial charge in [-0.25, -0.2) is 4.79 Å². The number of urea groups is 1. The highest BCUT2D eigenvalue weighted by atomic mass is 16.5. The molecule has 2 amide bonds. The molecule has 5 nitrogen and oxygen atoms in total. The van der Waals surface area contributed by atoms with E-state index in [9.17, 15) is 4.79 Å². The molecule has 5 heteroatoms. The number of nitrogens with zero attached hydrogens (tertiary/aromatic N) is 1. The van der Waals surface area contributed by atoms with Gasteiger partial charge in [0, 0.05) is 20.7 Å². The molecular formula is C8H16N2O3. The summed E-state index contributed by atoms with van der Waals surface area (Å²) in [6.07, 6.45) is 0.759. The maximum Gasteiger partial charge on any atom is 0.317 e. The van der Waals surface area contributed by atoms with Crippen LogP contribution >= 0.6 is 0 Å². The fourth-order valence-corrected chi connectivity index (χ4v) is 1.61. The normalized spacial score (nSPS) is 27.8. The standard InChI is InChI=1S/C8H16N2O3/c1-9-8(12)10-4-7(13-2)3-6(10)5-11/h6-7,11H,3-5H2,1-2H3,(H,9,12)/t6-,7-/m0/s1. The van der Waals surface area contributed by atoms with E-state index in [0.29, 0.717) is 13.0 Å². The predicted octanol–water partition coefficient (Wildman–Crippen LogP) is -0.593. The van der Waals surface area contributed by atoms with Crippen molar-refractivity contribution in [2.75, 3.05) is 27.3 Å². The third-order valence-corrected chi connectivity index (χ3v) is 2.39. The summed E-state index contributed by atoms with van der Waals surface area (Å²) >= 11 is 0. The Labute approximate surface area is 77.7 Å². The zero-order valence-electron chi connectivity index (χ0n) is 7.99. The van der Waals surface area contributed by atoms with Gasteiger partial charge in [-0.3, -0.25) is 0 Å². The number of likely N-dealkylation sites (tertiary alicyclic amines) is 1. The van der Waals surface area contributed by atoms with Crippen LogP contribution in [-0.2, 0) is 4.74 Å². The van der Waals surface area contributed by atoms with Crippen LogP contribution in [0.25, 0.3) is 0 Å².